The molecule has 0 radical (unpaired) electrons. The molecule has 4 nitrogen and oxygen atoms in total. The standard InChI is InChI=1S/C17H19NO3/c1-2-9-21-16-8-4-6-14(11-16)17(20)18-15-7-3-5-13(10-15)12-19/h3-8,10-11,19H,2,9,12H2,1H3,(H,18,20). The SMILES string of the molecule is CCCOc1cccc(C(=O)Nc2cccc(CO)c2)c1. The van der Waals surface area contributed by atoms with E-state index < -0.39 is 0 Å². The Labute approximate surface area is 124 Å². The van der Waals surface area contributed by atoms with Crippen LogP contribution in [0.4, 0.5) is 5.69 Å². The van der Waals surface area contributed by atoms with Gasteiger partial charge in [-0.05, 0) is 42.3 Å². The van der Waals surface area contributed by atoms with Gasteiger partial charge in [0.25, 0.3) is 5.91 Å². The van der Waals surface area contributed by atoms with Gasteiger partial charge in [0.15, 0.2) is 0 Å². The Morgan fingerprint density at radius 2 is 2.00 bits per heavy atom. The highest BCUT2D eigenvalue weighted by Crippen LogP contribution is 2.16. The van der Waals surface area contributed by atoms with Gasteiger partial charge in [-0.15, -0.1) is 0 Å². The van der Waals surface area contributed by atoms with Crippen LogP contribution in [0.1, 0.15) is 29.3 Å². The Hall–Kier alpha value is -2.33. The lowest BCUT2D eigenvalue weighted by molar-refractivity contribution is 0.102. The molecular formula is C17H19NO3. The van der Waals surface area contributed by atoms with Gasteiger partial charge in [0.1, 0.15) is 5.75 Å². The van der Waals surface area contributed by atoms with Gasteiger partial charge < -0.3 is 15.2 Å². The molecule has 1 amide bonds. The molecule has 0 atom stereocenters. The first-order valence-corrected chi connectivity index (χ1v) is 6.97. The number of aliphatic hydroxyl groups is 1. The predicted molar refractivity (Wildman–Crippen MR) is 82.5 cm³/mol. The van der Waals surface area contributed by atoms with Crippen LogP contribution in [-0.4, -0.2) is 17.6 Å². The van der Waals surface area contributed by atoms with E-state index in [1.165, 1.54) is 0 Å². The lowest BCUT2D eigenvalue weighted by atomic mass is 10.1. The highest BCUT2D eigenvalue weighted by molar-refractivity contribution is 6.04. The average molecular weight is 285 g/mol. The Kier molecular flexibility index (Phi) is 5.35. The number of amides is 1. The first-order valence-electron chi connectivity index (χ1n) is 6.97. The molecule has 0 saturated carbocycles. The van der Waals surface area contributed by atoms with Crippen molar-refractivity contribution in [2.75, 3.05) is 11.9 Å². The zero-order valence-corrected chi connectivity index (χ0v) is 12.0. The van der Waals surface area contributed by atoms with Crippen molar-refractivity contribution < 1.29 is 14.6 Å². The second kappa shape index (κ2) is 7.45. The molecule has 2 N–H and O–H groups in total. The van der Waals surface area contributed by atoms with Crippen LogP contribution >= 0.6 is 0 Å². The Morgan fingerprint density at radius 3 is 2.76 bits per heavy atom. The van der Waals surface area contributed by atoms with Gasteiger partial charge in [0.05, 0.1) is 13.2 Å². The van der Waals surface area contributed by atoms with E-state index in [-0.39, 0.29) is 12.5 Å². The maximum Gasteiger partial charge on any atom is 0.255 e. The summed E-state index contributed by atoms with van der Waals surface area (Å²) in [5, 5.41) is 11.9. The van der Waals surface area contributed by atoms with Crippen molar-refractivity contribution in [2.45, 2.75) is 20.0 Å². The number of carbonyl (C=O) groups is 1. The minimum absolute atomic E-state index is 0.0515. The lowest BCUT2D eigenvalue weighted by Gasteiger charge is -2.09. The van der Waals surface area contributed by atoms with E-state index in [9.17, 15) is 4.79 Å². The van der Waals surface area contributed by atoms with Crippen molar-refractivity contribution in [2.24, 2.45) is 0 Å². The number of hydrogen-bond acceptors (Lipinski definition) is 3. The highest BCUT2D eigenvalue weighted by Gasteiger charge is 2.07. The molecule has 0 heterocycles. The molecule has 0 aromatic heterocycles. The number of benzene rings is 2. The van der Waals surface area contributed by atoms with Gasteiger partial charge in [-0.25, -0.2) is 0 Å². The molecule has 2 aromatic carbocycles. The summed E-state index contributed by atoms with van der Waals surface area (Å²) in [6.07, 6.45) is 0.921. The zero-order chi connectivity index (χ0) is 15.1. The second-order valence-electron chi connectivity index (χ2n) is 4.69. The summed E-state index contributed by atoms with van der Waals surface area (Å²) in [6, 6.07) is 14.2. The van der Waals surface area contributed by atoms with Crippen molar-refractivity contribution in [1.29, 1.82) is 0 Å². The molecule has 0 saturated heterocycles. The van der Waals surface area contributed by atoms with Crippen LogP contribution in [0.5, 0.6) is 5.75 Å². The fraction of sp³-hybridized carbons (Fsp3) is 0.235. The van der Waals surface area contributed by atoms with Crippen molar-refractivity contribution >= 4 is 11.6 Å². The normalized spacial score (nSPS) is 10.2. The maximum atomic E-state index is 12.2. The predicted octanol–water partition coefficient (Wildman–Crippen LogP) is 3.22. The Balaban J connectivity index is 2.08. The monoisotopic (exact) mass is 285 g/mol. The third kappa shape index (κ3) is 4.33. The molecule has 0 bridgehead atoms. The summed E-state index contributed by atoms with van der Waals surface area (Å²) >= 11 is 0. The Bertz CT molecular complexity index is 610. The molecule has 2 aromatic rings. The molecule has 0 aliphatic rings. The van der Waals surface area contributed by atoms with Gasteiger partial charge in [-0.1, -0.05) is 25.1 Å². The summed E-state index contributed by atoms with van der Waals surface area (Å²) in [5.41, 5.74) is 1.96. The lowest BCUT2D eigenvalue weighted by Crippen LogP contribution is -2.12. The van der Waals surface area contributed by atoms with Gasteiger partial charge >= 0.3 is 0 Å². The van der Waals surface area contributed by atoms with E-state index >= 15 is 0 Å². The number of carbonyl (C=O) groups excluding carboxylic acids is 1. The smallest absolute Gasteiger partial charge is 0.255 e. The zero-order valence-electron chi connectivity index (χ0n) is 12.0. The minimum atomic E-state index is -0.202. The average Bonchev–Trinajstić information content (AvgIpc) is 2.53. The number of aliphatic hydroxyl groups excluding tert-OH is 1. The summed E-state index contributed by atoms with van der Waals surface area (Å²) in [5.74, 6) is 0.487. The quantitative estimate of drug-likeness (QED) is 0.856. The topological polar surface area (TPSA) is 58.6 Å². The van der Waals surface area contributed by atoms with E-state index in [4.69, 9.17) is 9.84 Å². The molecule has 0 aliphatic carbocycles. The van der Waals surface area contributed by atoms with E-state index in [0.29, 0.717) is 23.6 Å². The fourth-order valence-electron chi connectivity index (χ4n) is 1.90. The van der Waals surface area contributed by atoms with Crippen LogP contribution in [0.15, 0.2) is 48.5 Å². The highest BCUT2D eigenvalue weighted by atomic mass is 16.5. The number of hydrogen-bond donors (Lipinski definition) is 2. The molecule has 0 unspecified atom stereocenters. The van der Waals surface area contributed by atoms with E-state index in [1.54, 1.807) is 42.5 Å². The summed E-state index contributed by atoms with van der Waals surface area (Å²) in [7, 11) is 0. The van der Waals surface area contributed by atoms with Crippen LogP contribution < -0.4 is 10.1 Å². The van der Waals surface area contributed by atoms with E-state index in [2.05, 4.69) is 5.32 Å². The molecule has 2 rings (SSSR count). The molecule has 0 spiro atoms. The first kappa shape index (κ1) is 15.1. The molecular weight excluding hydrogens is 266 g/mol. The fourth-order valence-corrected chi connectivity index (χ4v) is 1.90. The van der Waals surface area contributed by atoms with Crippen molar-refractivity contribution in [1.82, 2.24) is 0 Å². The third-order valence-corrected chi connectivity index (χ3v) is 2.94. The van der Waals surface area contributed by atoms with Gasteiger partial charge in [0.2, 0.25) is 0 Å². The number of rotatable bonds is 6. The summed E-state index contributed by atoms with van der Waals surface area (Å²) in [4.78, 5) is 12.2. The summed E-state index contributed by atoms with van der Waals surface area (Å²) < 4.78 is 5.52. The number of anilines is 1. The van der Waals surface area contributed by atoms with Crippen LogP contribution in [-0.2, 0) is 6.61 Å². The molecule has 110 valence electrons. The third-order valence-electron chi connectivity index (χ3n) is 2.94. The van der Waals surface area contributed by atoms with Crippen molar-refractivity contribution in [3.63, 3.8) is 0 Å². The molecule has 21 heavy (non-hydrogen) atoms. The summed E-state index contributed by atoms with van der Waals surface area (Å²) in [6.45, 7) is 2.61. The van der Waals surface area contributed by atoms with Crippen LogP contribution in [0, 0.1) is 0 Å². The number of nitrogens with one attached hydrogen (secondary N) is 1. The number of ether oxygens (including phenoxy) is 1. The van der Waals surface area contributed by atoms with Crippen LogP contribution in [0.3, 0.4) is 0 Å². The van der Waals surface area contributed by atoms with Crippen LogP contribution in [0.2, 0.25) is 0 Å². The molecule has 4 heteroatoms. The van der Waals surface area contributed by atoms with E-state index in [1.807, 2.05) is 13.0 Å². The molecule has 0 fully saturated rings. The largest absolute Gasteiger partial charge is 0.494 e. The first-order chi connectivity index (χ1) is 10.2. The molecule has 0 aliphatic heterocycles. The van der Waals surface area contributed by atoms with Crippen molar-refractivity contribution in [3.05, 3.63) is 59.7 Å². The van der Waals surface area contributed by atoms with Gasteiger partial charge in [-0.3, -0.25) is 4.79 Å². The Morgan fingerprint density at radius 1 is 1.19 bits per heavy atom. The maximum absolute atomic E-state index is 12.2. The van der Waals surface area contributed by atoms with Crippen LogP contribution in [0.25, 0.3) is 0 Å². The van der Waals surface area contributed by atoms with Gasteiger partial charge in [0, 0.05) is 11.3 Å². The minimum Gasteiger partial charge on any atom is -0.494 e. The van der Waals surface area contributed by atoms with E-state index in [0.717, 1.165) is 12.0 Å². The van der Waals surface area contributed by atoms with Gasteiger partial charge in [-0.2, -0.15) is 0 Å². The second-order valence-corrected chi connectivity index (χ2v) is 4.69. The van der Waals surface area contributed by atoms with Crippen molar-refractivity contribution in [3.8, 4) is 5.75 Å².